The van der Waals surface area contributed by atoms with Gasteiger partial charge in [-0.25, -0.2) is 4.79 Å². The molecule has 0 unspecified atom stereocenters. The first-order valence-corrected chi connectivity index (χ1v) is 16.0. The normalized spacial score (nSPS) is 16.1. The second-order valence-electron chi connectivity index (χ2n) is 9.67. The van der Waals surface area contributed by atoms with Gasteiger partial charge in [0.15, 0.2) is 6.29 Å². The number of aldehydes is 1. The monoisotopic (exact) mass is 610 g/mol. The molecule has 2 N–H and O–H groups in total. The second-order valence-corrected chi connectivity index (χ2v) is 14.1. The number of thioether (sulfide) groups is 1. The Kier molecular flexibility index (Phi) is 9.04. The van der Waals surface area contributed by atoms with Gasteiger partial charge >= 0.3 is 5.97 Å². The van der Waals surface area contributed by atoms with Crippen LogP contribution in [0.3, 0.4) is 0 Å². The first-order chi connectivity index (χ1) is 20.9. The number of carbonyl (C=O) groups excluding carboxylic acids is 4. The maximum absolute atomic E-state index is 13.9. The summed E-state index contributed by atoms with van der Waals surface area (Å²) >= 11 is 0.519. The molecular weight excluding hydrogens is 583 g/mol. The van der Waals surface area contributed by atoms with Crippen LogP contribution in [0.2, 0.25) is 0 Å². The molecule has 2 amide bonds. The minimum Gasteiger partial charge on any atom is -0.477 e. The van der Waals surface area contributed by atoms with Crippen LogP contribution < -0.4 is 21.2 Å². The molecule has 4 aromatic carbocycles. The topological polar surface area (TPSA) is 121 Å². The smallest absolute Gasteiger partial charge is 0.353 e. The van der Waals surface area contributed by atoms with E-state index in [2.05, 4.69) is 5.32 Å². The highest BCUT2D eigenvalue weighted by Gasteiger charge is 2.55. The van der Waals surface area contributed by atoms with Crippen LogP contribution in [0.4, 0.5) is 0 Å². The summed E-state index contributed by atoms with van der Waals surface area (Å²) in [5.41, 5.74) is 0.502. The molecule has 1 heterocycles. The Hall–Kier alpha value is -4.72. The van der Waals surface area contributed by atoms with Crippen molar-refractivity contribution in [1.29, 1.82) is 0 Å². The number of hydrogen-bond acceptors (Lipinski definition) is 6. The van der Waals surface area contributed by atoms with E-state index in [0.29, 0.717) is 27.7 Å². The van der Waals surface area contributed by atoms with Crippen molar-refractivity contribution in [2.75, 3.05) is 0 Å². The molecule has 0 aliphatic carbocycles. The molecule has 0 radical (unpaired) electrons. The van der Waals surface area contributed by atoms with E-state index in [-0.39, 0.29) is 18.1 Å². The van der Waals surface area contributed by atoms with E-state index in [4.69, 9.17) is 0 Å². The summed E-state index contributed by atoms with van der Waals surface area (Å²) in [5, 5.41) is 13.6. The Bertz CT molecular complexity index is 1610. The average Bonchev–Trinajstić information content (AvgIpc) is 3.04. The molecule has 1 aliphatic heterocycles. The summed E-state index contributed by atoms with van der Waals surface area (Å²) in [6.07, 6.45) is 0.0943. The number of nitrogens with one attached hydrogen (secondary N) is 1. The number of carboxylic acids is 1. The van der Waals surface area contributed by atoms with Gasteiger partial charge in [-0.1, -0.05) is 133 Å². The van der Waals surface area contributed by atoms with E-state index >= 15 is 0 Å². The Morgan fingerprint density at radius 1 is 0.767 bits per heavy atom. The maximum atomic E-state index is 13.9. The van der Waals surface area contributed by atoms with Crippen LogP contribution in [0.5, 0.6) is 0 Å². The van der Waals surface area contributed by atoms with Crippen molar-refractivity contribution in [3.8, 4) is 0 Å². The minimum atomic E-state index is -3.29. The molecule has 0 aromatic heterocycles. The standard InChI is InChI=1S/C33H27N2O6PS/c36-22-28(38)43-32-29(34-27(37)21-23-13-5-1-6-14-23)30(39)35(32)31(33(40)41)42(24-15-7-2-8-16-24,25-17-9-3-10-18-25)26-19-11-4-12-20-26/h1-20,22,29,32H,21H2,(H,34,37)(H,40,41)/t29-,32-/m0/s1. The van der Waals surface area contributed by atoms with Crippen molar-refractivity contribution < 1.29 is 29.1 Å². The molecule has 1 saturated heterocycles. The molecule has 1 fully saturated rings. The van der Waals surface area contributed by atoms with Crippen LogP contribution in [0.1, 0.15) is 5.56 Å². The summed E-state index contributed by atoms with van der Waals surface area (Å²) in [5.74, 6) is -2.50. The lowest BCUT2D eigenvalue weighted by atomic mass is 10.1. The zero-order valence-corrected chi connectivity index (χ0v) is 24.5. The lowest BCUT2D eigenvalue weighted by molar-refractivity contribution is -0.144. The fourth-order valence-corrected chi connectivity index (χ4v) is 10.6. The Balaban J connectivity index is 1.73. The highest BCUT2D eigenvalue weighted by molar-refractivity contribution is 8.15. The number of rotatable bonds is 10. The van der Waals surface area contributed by atoms with Crippen LogP contribution in [-0.4, -0.2) is 56.0 Å². The summed E-state index contributed by atoms with van der Waals surface area (Å²) in [6.45, 7) is -3.29. The fraction of sp³-hybridized carbons (Fsp3) is 0.0909. The van der Waals surface area contributed by atoms with Gasteiger partial charge in [0.25, 0.3) is 11.0 Å². The number of likely N-dealkylation sites (tertiary alicyclic amines) is 1. The molecule has 43 heavy (non-hydrogen) atoms. The number of β-lactam (4-membered cyclic amide) rings is 1. The van der Waals surface area contributed by atoms with Crippen molar-refractivity contribution >= 4 is 69.2 Å². The SMILES string of the molecule is O=CC(=O)S[C@H]1[C@@H](NC(=O)Cc2ccccc2)C(=O)N1C(C(=O)O)=P(c1ccccc1)(c1ccccc1)c1ccccc1. The third kappa shape index (κ3) is 5.82. The molecule has 1 aliphatic rings. The quantitative estimate of drug-likeness (QED) is 0.123. The molecule has 4 aromatic rings. The maximum Gasteiger partial charge on any atom is 0.353 e. The van der Waals surface area contributed by atoms with Crippen molar-refractivity contribution in [2.24, 2.45) is 0 Å². The van der Waals surface area contributed by atoms with Crippen molar-refractivity contribution in [3.05, 3.63) is 127 Å². The zero-order valence-electron chi connectivity index (χ0n) is 22.8. The lowest BCUT2D eigenvalue weighted by Gasteiger charge is -2.48. The van der Waals surface area contributed by atoms with Gasteiger partial charge in [-0.3, -0.25) is 24.1 Å². The number of carboxylic acid groups (broad SMARTS) is 1. The Labute approximate surface area is 252 Å². The average molecular weight is 611 g/mol. The van der Waals surface area contributed by atoms with Crippen LogP contribution in [0.15, 0.2) is 121 Å². The number of nitrogens with zero attached hydrogens (tertiary/aromatic N) is 1. The zero-order chi connectivity index (χ0) is 30.4. The number of hydrogen-bond donors (Lipinski definition) is 2. The van der Waals surface area contributed by atoms with Gasteiger partial charge in [0.05, 0.1) is 6.42 Å². The highest BCUT2D eigenvalue weighted by atomic mass is 32.2. The minimum absolute atomic E-state index is 0.0197. The van der Waals surface area contributed by atoms with E-state index in [0.717, 1.165) is 10.5 Å². The van der Waals surface area contributed by atoms with Gasteiger partial charge in [-0.05, 0) is 21.5 Å². The highest BCUT2D eigenvalue weighted by Crippen LogP contribution is 2.49. The number of amides is 2. The Morgan fingerprint density at radius 2 is 1.21 bits per heavy atom. The van der Waals surface area contributed by atoms with E-state index in [1.165, 1.54) is 0 Å². The number of carbonyl (C=O) groups is 5. The van der Waals surface area contributed by atoms with Gasteiger partial charge in [0.1, 0.15) is 16.8 Å². The lowest BCUT2D eigenvalue weighted by Crippen LogP contribution is -2.72. The second kappa shape index (κ2) is 13.1. The van der Waals surface area contributed by atoms with Crippen LogP contribution in [0.25, 0.3) is 0 Å². The van der Waals surface area contributed by atoms with Crippen molar-refractivity contribution in [2.45, 2.75) is 17.8 Å². The first kappa shape index (κ1) is 29.8. The van der Waals surface area contributed by atoms with E-state index < -0.39 is 41.2 Å². The largest absolute Gasteiger partial charge is 0.477 e. The summed E-state index contributed by atoms with van der Waals surface area (Å²) < 4.78 is 0. The number of aliphatic carboxylic acids is 1. The van der Waals surface area contributed by atoms with Crippen molar-refractivity contribution in [3.63, 3.8) is 0 Å². The van der Waals surface area contributed by atoms with Crippen LogP contribution in [0, 0.1) is 0 Å². The summed E-state index contributed by atoms with van der Waals surface area (Å²) in [4.78, 5) is 65.3. The van der Waals surface area contributed by atoms with Gasteiger partial charge in [-0.15, -0.1) is 0 Å². The van der Waals surface area contributed by atoms with Crippen LogP contribution >= 0.6 is 18.6 Å². The molecule has 0 spiro atoms. The molecular formula is C33H27N2O6PS. The molecule has 216 valence electrons. The predicted octanol–water partition coefficient (Wildman–Crippen LogP) is 2.55. The molecule has 8 nitrogen and oxygen atoms in total. The predicted molar refractivity (Wildman–Crippen MR) is 169 cm³/mol. The molecule has 2 atom stereocenters. The van der Waals surface area contributed by atoms with Gasteiger partial charge < -0.3 is 10.4 Å². The van der Waals surface area contributed by atoms with Gasteiger partial charge in [-0.2, -0.15) is 0 Å². The summed E-state index contributed by atoms with van der Waals surface area (Å²) in [7, 11) is 0. The van der Waals surface area contributed by atoms with Gasteiger partial charge in [0.2, 0.25) is 5.91 Å². The fourth-order valence-electron chi connectivity index (χ4n) is 5.27. The third-order valence-corrected chi connectivity index (χ3v) is 12.4. The molecule has 0 saturated carbocycles. The first-order valence-electron chi connectivity index (χ1n) is 13.4. The summed E-state index contributed by atoms with van der Waals surface area (Å²) in [6, 6.07) is 35.0. The van der Waals surface area contributed by atoms with Crippen molar-refractivity contribution in [1.82, 2.24) is 10.2 Å². The third-order valence-electron chi connectivity index (χ3n) is 7.07. The Morgan fingerprint density at radius 3 is 1.63 bits per heavy atom. The van der Waals surface area contributed by atoms with E-state index in [9.17, 15) is 29.1 Å². The number of benzene rings is 4. The molecule has 5 rings (SSSR count). The molecule has 0 bridgehead atoms. The van der Waals surface area contributed by atoms with E-state index in [1.807, 2.05) is 97.1 Å². The van der Waals surface area contributed by atoms with E-state index in [1.54, 1.807) is 24.3 Å². The van der Waals surface area contributed by atoms with Gasteiger partial charge in [0, 0.05) is 6.89 Å². The molecule has 10 heteroatoms. The van der Waals surface area contributed by atoms with Crippen LogP contribution in [-0.2, 0) is 30.4 Å².